The summed E-state index contributed by atoms with van der Waals surface area (Å²) in [6.07, 6.45) is 4.41. The van der Waals surface area contributed by atoms with Crippen molar-refractivity contribution in [3.63, 3.8) is 0 Å². The highest BCUT2D eigenvalue weighted by atomic mass is 32.2. The standard InChI is InChI=1S/C10H24N2OS/c1-12(6-4-7-13-2)10(9-11)5-8-14-3/h10H,4-9,11H2,1-3H3. The van der Waals surface area contributed by atoms with Gasteiger partial charge in [0.05, 0.1) is 0 Å². The van der Waals surface area contributed by atoms with Gasteiger partial charge in [0.15, 0.2) is 0 Å². The number of likely N-dealkylation sites (N-methyl/N-ethyl adjacent to an activating group) is 1. The molecule has 86 valence electrons. The van der Waals surface area contributed by atoms with Gasteiger partial charge >= 0.3 is 0 Å². The third-order valence-corrected chi connectivity index (χ3v) is 3.05. The largest absolute Gasteiger partial charge is 0.385 e. The molecule has 0 fully saturated rings. The van der Waals surface area contributed by atoms with Crippen molar-refractivity contribution in [3.8, 4) is 0 Å². The van der Waals surface area contributed by atoms with Crippen molar-refractivity contribution in [2.45, 2.75) is 18.9 Å². The van der Waals surface area contributed by atoms with Crippen LogP contribution in [-0.2, 0) is 4.74 Å². The Morgan fingerprint density at radius 1 is 1.50 bits per heavy atom. The van der Waals surface area contributed by atoms with Crippen molar-refractivity contribution in [1.29, 1.82) is 0 Å². The molecule has 1 unspecified atom stereocenters. The molecule has 0 spiro atoms. The molecular formula is C10H24N2OS. The van der Waals surface area contributed by atoms with E-state index in [1.165, 1.54) is 12.2 Å². The molecule has 4 heteroatoms. The summed E-state index contributed by atoms with van der Waals surface area (Å²) in [6.45, 7) is 2.66. The van der Waals surface area contributed by atoms with E-state index in [2.05, 4.69) is 18.2 Å². The Bertz CT molecular complexity index is 125. The van der Waals surface area contributed by atoms with Gasteiger partial charge in [0.25, 0.3) is 0 Å². The minimum atomic E-state index is 0.527. The van der Waals surface area contributed by atoms with Crippen molar-refractivity contribution in [1.82, 2.24) is 4.90 Å². The van der Waals surface area contributed by atoms with Crippen LogP contribution in [0.3, 0.4) is 0 Å². The fraction of sp³-hybridized carbons (Fsp3) is 1.00. The van der Waals surface area contributed by atoms with Crippen LogP contribution in [0.1, 0.15) is 12.8 Å². The van der Waals surface area contributed by atoms with Gasteiger partial charge in [-0.25, -0.2) is 0 Å². The topological polar surface area (TPSA) is 38.5 Å². The predicted octanol–water partition coefficient (Wildman–Crippen LogP) is 1.04. The van der Waals surface area contributed by atoms with E-state index in [4.69, 9.17) is 10.5 Å². The molecule has 0 radical (unpaired) electrons. The summed E-state index contributed by atoms with van der Waals surface area (Å²) in [4.78, 5) is 2.34. The second kappa shape index (κ2) is 9.77. The highest BCUT2D eigenvalue weighted by molar-refractivity contribution is 7.98. The maximum atomic E-state index is 5.74. The summed E-state index contributed by atoms with van der Waals surface area (Å²) in [6, 6.07) is 0.527. The second-order valence-electron chi connectivity index (χ2n) is 3.50. The Morgan fingerprint density at radius 3 is 2.71 bits per heavy atom. The molecule has 14 heavy (non-hydrogen) atoms. The van der Waals surface area contributed by atoms with Gasteiger partial charge in [-0.2, -0.15) is 11.8 Å². The van der Waals surface area contributed by atoms with E-state index in [0.29, 0.717) is 6.04 Å². The number of rotatable bonds is 9. The molecule has 0 saturated carbocycles. The first-order valence-electron chi connectivity index (χ1n) is 5.14. The van der Waals surface area contributed by atoms with E-state index in [9.17, 15) is 0 Å². The SMILES string of the molecule is COCCCN(C)C(CN)CCSC. The summed E-state index contributed by atoms with van der Waals surface area (Å²) in [5.74, 6) is 1.19. The molecule has 0 rings (SSSR count). The summed E-state index contributed by atoms with van der Waals surface area (Å²) in [5, 5.41) is 0. The molecule has 0 heterocycles. The zero-order valence-corrected chi connectivity index (χ0v) is 10.5. The number of nitrogens with zero attached hydrogens (tertiary/aromatic N) is 1. The van der Waals surface area contributed by atoms with E-state index in [-0.39, 0.29) is 0 Å². The first kappa shape index (κ1) is 14.2. The van der Waals surface area contributed by atoms with Gasteiger partial charge < -0.3 is 15.4 Å². The highest BCUT2D eigenvalue weighted by Crippen LogP contribution is 2.06. The van der Waals surface area contributed by atoms with Gasteiger partial charge in [-0.05, 0) is 31.9 Å². The lowest BCUT2D eigenvalue weighted by molar-refractivity contribution is 0.165. The van der Waals surface area contributed by atoms with Gasteiger partial charge in [0.1, 0.15) is 0 Å². The van der Waals surface area contributed by atoms with Crippen LogP contribution in [0.5, 0.6) is 0 Å². The van der Waals surface area contributed by atoms with Crippen LogP contribution in [-0.4, -0.2) is 56.8 Å². The Labute approximate surface area is 92.4 Å². The van der Waals surface area contributed by atoms with E-state index in [0.717, 1.165) is 26.1 Å². The van der Waals surface area contributed by atoms with Crippen molar-refractivity contribution in [3.05, 3.63) is 0 Å². The number of methoxy groups -OCH3 is 1. The van der Waals surface area contributed by atoms with Crippen LogP contribution in [0, 0.1) is 0 Å². The summed E-state index contributed by atoms with van der Waals surface area (Å²) < 4.78 is 5.02. The van der Waals surface area contributed by atoms with E-state index >= 15 is 0 Å². The first-order valence-corrected chi connectivity index (χ1v) is 6.53. The minimum Gasteiger partial charge on any atom is -0.385 e. The summed E-state index contributed by atoms with van der Waals surface area (Å²) >= 11 is 1.88. The first-order chi connectivity index (χ1) is 6.76. The molecule has 0 amide bonds. The minimum absolute atomic E-state index is 0.527. The molecular weight excluding hydrogens is 196 g/mol. The predicted molar refractivity (Wildman–Crippen MR) is 65.0 cm³/mol. The fourth-order valence-electron chi connectivity index (χ4n) is 1.41. The lowest BCUT2D eigenvalue weighted by Gasteiger charge is -2.26. The smallest absolute Gasteiger partial charge is 0.0474 e. The maximum absolute atomic E-state index is 5.74. The number of hydrogen-bond acceptors (Lipinski definition) is 4. The average molecular weight is 220 g/mol. The van der Waals surface area contributed by atoms with Crippen molar-refractivity contribution in [2.24, 2.45) is 5.73 Å². The number of hydrogen-bond donors (Lipinski definition) is 1. The average Bonchev–Trinajstić information content (AvgIpc) is 2.19. The van der Waals surface area contributed by atoms with E-state index in [1.807, 2.05) is 11.8 Å². The lowest BCUT2D eigenvalue weighted by atomic mass is 10.2. The molecule has 0 aromatic rings. The van der Waals surface area contributed by atoms with Gasteiger partial charge in [-0.3, -0.25) is 0 Å². The summed E-state index contributed by atoms with van der Waals surface area (Å²) in [5.41, 5.74) is 5.74. The molecule has 0 aliphatic rings. The molecule has 0 bridgehead atoms. The Morgan fingerprint density at radius 2 is 2.21 bits per heavy atom. The zero-order chi connectivity index (χ0) is 10.8. The third kappa shape index (κ3) is 6.65. The molecule has 0 aromatic carbocycles. The van der Waals surface area contributed by atoms with Gasteiger partial charge in [-0.1, -0.05) is 0 Å². The van der Waals surface area contributed by atoms with Crippen molar-refractivity contribution < 1.29 is 4.74 Å². The molecule has 1 atom stereocenters. The Balaban J connectivity index is 3.61. The van der Waals surface area contributed by atoms with Crippen molar-refractivity contribution in [2.75, 3.05) is 45.9 Å². The number of nitrogens with two attached hydrogens (primary N) is 1. The molecule has 0 aliphatic carbocycles. The Kier molecular flexibility index (Phi) is 9.93. The number of ether oxygens (including phenoxy) is 1. The normalized spacial score (nSPS) is 13.5. The molecule has 0 saturated heterocycles. The van der Waals surface area contributed by atoms with Crippen LogP contribution in [0.15, 0.2) is 0 Å². The molecule has 2 N–H and O–H groups in total. The Hall–Kier alpha value is 0.230. The quantitative estimate of drug-likeness (QED) is 0.589. The van der Waals surface area contributed by atoms with Crippen molar-refractivity contribution >= 4 is 11.8 Å². The summed E-state index contributed by atoms with van der Waals surface area (Å²) in [7, 11) is 3.89. The fourth-order valence-corrected chi connectivity index (χ4v) is 1.92. The third-order valence-electron chi connectivity index (χ3n) is 2.41. The van der Waals surface area contributed by atoms with E-state index in [1.54, 1.807) is 7.11 Å². The van der Waals surface area contributed by atoms with Crippen LogP contribution in [0.4, 0.5) is 0 Å². The van der Waals surface area contributed by atoms with Crippen LogP contribution in [0.2, 0.25) is 0 Å². The van der Waals surface area contributed by atoms with Crippen LogP contribution >= 0.6 is 11.8 Å². The molecule has 0 aliphatic heterocycles. The second-order valence-corrected chi connectivity index (χ2v) is 4.48. The van der Waals surface area contributed by atoms with Crippen LogP contribution < -0.4 is 5.73 Å². The molecule has 3 nitrogen and oxygen atoms in total. The maximum Gasteiger partial charge on any atom is 0.0474 e. The lowest BCUT2D eigenvalue weighted by Crippen LogP contribution is -2.39. The monoisotopic (exact) mass is 220 g/mol. The van der Waals surface area contributed by atoms with Gasteiger partial charge in [0.2, 0.25) is 0 Å². The van der Waals surface area contributed by atoms with Crippen LogP contribution in [0.25, 0.3) is 0 Å². The molecule has 0 aromatic heterocycles. The zero-order valence-electron chi connectivity index (χ0n) is 9.66. The highest BCUT2D eigenvalue weighted by Gasteiger charge is 2.11. The number of thioether (sulfide) groups is 1. The van der Waals surface area contributed by atoms with E-state index < -0.39 is 0 Å². The van der Waals surface area contributed by atoms with Gasteiger partial charge in [-0.15, -0.1) is 0 Å². The van der Waals surface area contributed by atoms with Gasteiger partial charge in [0, 0.05) is 32.8 Å².